The largest absolute Gasteiger partial charge is 0.377 e. The van der Waals surface area contributed by atoms with E-state index in [0.717, 1.165) is 6.42 Å². The molecule has 108 valence electrons. The highest BCUT2D eigenvalue weighted by Gasteiger charge is 2.28. The van der Waals surface area contributed by atoms with Gasteiger partial charge in [0.1, 0.15) is 0 Å². The Bertz CT molecular complexity index is 390. The van der Waals surface area contributed by atoms with E-state index in [9.17, 15) is 0 Å². The van der Waals surface area contributed by atoms with Crippen molar-refractivity contribution in [2.45, 2.75) is 58.1 Å². The minimum Gasteiger partial charge on any atom is -0.377 e. The van der Waals surface area contributed by atoms with Gasteiger partial charge in [0, 0.05) is 7.11 Å². The second-order valence-electron chi connectivity index (χ2n) is 6.68. The molecule has 0 aliphatic heterocycles. The number of hydrogen-bond donors (Lipinski definition) is 2. The molecule has 19 heavy (non-hydrogen) atoms. The zero-order chi connectivity index (χ0) is 14.7. The molecule has 1 aromatic rings. The molecule has 0 fully saturated rings. The van der Waals surface area contributed by atoms with Crippen molar-refractivity contribution in [1.82, 2.24) is 5.43 Å². The highest BCUT2D eigenvalue weighted by Crippen LogP contribution is 2.23. The van der Waals surface area contributed by atoms with Crippen molar-refractivity contribution in [3.63, 3.8) is 0 Å². The molecule has 1 rings (SSSR count). The van der Waals surface area contributed by atoms with Gasteiger partial charge in [-0.25, -0.2) is 0 Å². The van der Waals surface area contributed by atoms with Crippen molar-refractivity contribution in [3.8, 4) is 0 Å². The molecule has 1 unspecified atom stereocenters. The molecule has 0 aliphatic carbocycles. The van der Waals surface area contributed by atoms with E-state index in [0.29, 0.717) is 0 Å². The summed E-state index contributed by atoms with van der Waals surface area (Å²) in [6.07, 6.45) is 0.849. The molecular weight excluding hydrogens is 236 g/mol. The Kier molecular flexibility index (Phi) is 5.13. The summed E-state index contributed by atoms with van der Waals surface area (Å²) in [7, 11) is 1.72. The first-order chi connectivity index (χ1) is 8.70. The van der Waals surface area contributed by atoms with E-state index in [-0.39, 0.29) is 17.1 Å². The third-order valence-corrected chi connectivity index (χ3v) is 3.83. The van der Waals surface area contributed by atoms with Crippen LogP contribution >= 0.6 is 0 Å². The summed E-state index contributed by atoms with van der Waals surface area (Å²) < 4.78 is 5.50. The molecule has 0 heterocycles. The summed E-state index contributed by atoms with van der Waals surface area (Å²) in [4.78, 5) is 0. The third-order valence-electron chi connectivity index (χ3n) is 3.83. The Morgan fingerprint density at radius 2 is 1.63 bits per heavy atom. The Morgan fingerprint density at radius 1 is 1.11 bits per heavy atom. The van der Waals surface area contributed by atoms with E-state index in [1.54, 1.807) is 7.11 Å². The van der Waals surface area contributed by atoms with Gasteiger partial charge in [0.2, 0.25) is 0 Å². The fourth-order valence-electron chi connectivity index (χ4n) is 2.02. The molecule has 0 spiro atoms. The van der Waals surface area contributed by atoms with E-state index in [1.807, 2.05) is 13.8 Å². The van der Waals surface area contributed by atoms with Gasteiger partial charge >= 0.3 is 0 Å². The van der Waals surface area contributed by atoms with Gasteiger partial charge in [0.05, 0.1) is 11.6 Å². The molecule has 0 aliphatic rings. The van der Waals surface area contributed by atoms with Crippen molar-refractivity contribution in [1.29, 1.82) is 0 Å². The summed E-state index contributed by atoms with van der Waals surface area (Å²) >= 11 is 0. The Labute approximate surface area is 117 Å². The second-order valence-corrected chi connectivity index (χ2v) is 6.68. The summed E-state index contributed by atoms with van der Waals surface area (Å²) in [5.41, 5.74) is 5.37. The molecule has 3 heteroatoms. The molecule has 0 saturated heterocycles. The highest BCUT2D eigenvalue weighted by molar-refractivity contribution is 5.28. The number of ether oxygens (including phenoxy) is 1. The molecule has 0 radical (unpaired) electrons. The first kappa shape index (κ1) is 16.2. The molecule has 3 N–H and O–H groups in total. The monoisotopic (exact) mass is 264 g/mol. The van der Waals surface area contributed by atoms with Crippen LogP contribution in [0.1, 0.15) is 45.7 Å². The number of hydrazine groups is 1. The predicted molar refractivity (Wildman–Crippen MR) is 81.0 cm³/mol. The molecule has 0 saturated carbocycles. The van der Waals surface area contributed by atoms with E-state index >= 15 is 0 Å². The van der Waals surface area contributed by atoms with Gasteiger partial charge in [-0.2, -0.15) is 0 Å². The van der Waals surface area contributed by atoms with Gasteiger partial charge < -0.3 is 4.74 Å². The van der Waals surface area contributed by atoms with Gasteiger partial charge in [-0.15, -0.1) is 0 Å². The Balaban J connectivity index is 2.82. The summed E-state index contributed by atoms with van der Waals surface area (Å²) in [6, 6.07) is 8.83. The number of benzene rings is 1. The number of nitrogens with two attached hydrogens (primary N) is 1. The molecule has 3 nitrogen and oxygen atoms in total. The van der Waals surface area contributed by atoms with Gasteiger partial charge in [0.25, 0.3) is 0 Å². The van der Waals surface area contributed by atoms with Crippen LogP contribution in [0.5, 0.6) is 0 Å². The van der Waals surface area contributed by atoms with Crippen LogP contribution in [0.25, 0.3) is 0 Å². The minimum absolute atomic E-state index is 0.0815. The SMILES string of the molecule is COC(C)(C)C(Cc1ccc(C(C)(C)C)cc1)NN. The zero-order valence-electron chi connectivity index (χ0n) is 13.1. The van der Waals surface area contributed by atoms with Gasteiger partial charge in [-0.1, -0.05) is 45.0 Å². The topological polar surface area (TPSA) is 47.3 Å². The molecule has 0 amide bonds. The number of nitrogens with one attached hydrogen (secondary N) is 1. The van der Waals surface area contributed by atoms with Crippen molar-refractivity contribution in [2.24, 2.45) is 5.84 Å². The van der Waals surface area contributed by atoms with Crippen molar-refractivity contribution >= 4 is 0 Å². The van der Waals surface area contributed by atoms with Gasteiger partial charge in [0.15, 0.2) is 0 Å². The van der Waals surface area contributed by atoms with Crippen LogP contribution in [0, 0.1) is 0 Å². The first-order valence-corrected chi connectivity index (χ1v) is 6.81. The van der Waals surface area contributed by atoms with Crippen molar-refractivity contribution in [2.75, 3.05) is 7.11 Å². The number of methoxy groups -OCH3 is 1. The van der Waals surface area contributed by atoms with Crippen LogP contribution in [-0.4, -0.2) is 18.8 Å². The molecule has 1 aromatic carbocycles. The predicted octanol–water partition coefficient (Wildman–Crippen LogP) is 2.78. The third kappa shape index (κ3) is 4.30. The van der Waals surface area contributed by atoms with Crippen LogP contribution in [-0.2, 0) is 16.6 Å². The molecule has 0 aromatic heterocycles. The Hall–Kier alpha value is -0.900. The Morgan fingerprint density at radius 3 is 2.00 bits per heavy atom. The minimum atomic E-state index is -0.294. The lowest BCUT2D eigenvalue weighted by Crippen LogP contribution is -2.52. The maximum atomic E-state index is 5.65. The van der Waals surface area contributed by atoms with Crippen molar-refractivity contribution < 1.29 is 4.74 Å². The average Bonchev–Trinajstić information content (AvgIpc) is 2.35. The van der Waals surface area contributed by atoms with E-state index < -0.39 is 0 Å². The summed E-state index contributed by atoms with van der Waals surface area (Å²) in [5.74, 6) is 5.65. The normalized spacial score (nSPS) is 14.5. The van der Waals surface area contributed by atoms with Gasteiger partial charge in [-0.05, 0) is 36.8 Å². The summed E-state index contributed by atoms with van der Waals surface area (Å²) in [6.45, 7) is 10.8. The van der Waals surface area contributed by atoms with Crippen LogP contribution in [0.2, 0.25) is 0 Å². The quantitative estimate of drug-likeness (QED) is 0.635. The molecule has 1 atom stereocenters. The fraction of sp³-hybridized carbons (Fsp3) is 0.625. The van der Waals surface area contributed by atoms with Crippen LogP contribution < -0.4 is 11.3 Å². The maximum absolute atomic E-state index is 5.65. The van der Waals surface area contributed by atoms with Crippen LogP contribution in [0.4, 0.5) is 0 Å². The fourth-order valence-corrected chi connectivity index (χ4v) is 2.02. The van der Waals surface area contributed by atoms with Crippen LogP contribution in [0.3, 0.4) is 0 Å². The smallest absolute Gasteiger partial charge is 0.0791 e. The lowest BCUT2D eigenvalue weighted by atomic mass is 9.85. The van der Waals surface area contributed by atoms with E-state index in [1.165, 1.54) is 11.1 Å². The van der Waals surface area contributed by atoms with Gasteiger partial charge in [-0.3, -0.25) is 11.3 Å². The zero-order valence-corrected chi connectivity index (χ0v) is 13.1. The lowest BCUT2D eigenvalue weighted by molar-refractivity contribution is -0.0101. The number of rotatable bonds is 5. The maximum Gasteiger partial charge on any atom is 0.0791 e. The first-order valence-electron chi connectivity index (χ1n) is 6.81. The highest BCUT2D eigenvalue weighted by atomic mass is 16.5. The molecule has 0 bridgehead atoms. The van der Waals surface area contributed by atoms with Crippen LogP contribution in [0.15, 0.2) is 24.3 Å². The van der Waals surface area contributed by atoms with E-state index in [4.69, 9.17) is 10.6 Å². The van der Waals surface area contributed by atoms with Crippen molar-refractivity contribution in [3.05, 3.63) is 35.4 Å². The second kappa shape index (κ2) is 6.04. The molecular formula is C16H28N2O. The average molecular weight is 264 g/mol. The number of hydrogen-bond acceptors (Lipinski definition) is 3. The lowest BCUT2D eigenvalue weighted by Gasteiger charge is -2.32. The standard InChI is InChI=1S/C16H28N2O/c1-15(2,3)13-9-7-12(8-10-13)11-14(18-17)16(4,5)19-6/h7-10,14,18H,11,17H2,1-6H3. The van der Waals surface area contributed by atoms with E-state index in [2.05, 4.69) is 50.5 Å². The summed E-state index contributed by atoms with van der Waals surface area (Å²) in [5, 5.41) is 0.